The molecule has 2 rings (SSSR count). The Morgan fingerprint density at radius 1 is 1.38 bits per heavy atom. The van der Waals surface area contributed by atoms with Crippen molar-refractivity contribution < 1.29 is 8.42 Å². The summed E-state index contributed by atoms with van der Waals surface area (Å²) in [6, 6.07) is 10.7. The minimum absolute atomic E-state index is 0.167. The second-order valence-corrected chi connectivity index (χ2v) is 8.50. The summed E-state index contributed by atoms with van der Waals surface area (Å²) in [6.45, 7) is 0.327. The molecule has 0 aliphatic rings. The van der Waals surface area contributed by atoms with Crippen molar-refractivity contribution in [1.82, 2.24) is 4.31 Å². The summed E-state index contributed by atoms with van der Waals surface area (Å²) in [6.07, 6.45) is 0. The molecular formula is C14H13BrN2O2S2. The van der Waals surface area contributed by atoms with E-state index in [-0.39, 0.29) is 5.75 Å². The van der Waals surface area contributed by atoms with Crippen molar-refractivity contribution in [3.63, 3.8) is 0 Å². The topological polar surface area (TPSA) is 61.2 Å². The van der Waals surface area contributed by atoms with Gasteiger partial charge in [0, 0.05) is 28.3 Å². The molecule has 2 aromatic rings. The van der Waals surface area contributed by atoms with E-state index in [0.29, 0.717) is 17.7 Å². The quantitative estimate of drug-likeness (QED) is 0.793. The van der Waals surface area contributed by atoms with Crippen LogP contribution in [-0.4, -0.2) is 19.8 Å². The summed E-state index contributed by atoms with van der Waals surface area (Å²) >= 11 is 4.85. The number of nitrogens with zero attached hydrogens (tertiary/aromatic N) is 2. The Balaban J connectivity index is 2.16. The van der Waals surface area contributed by atoms with Gasteiger partial charge in [-0.15, -0.1) is 11.3 Å². The van der Waals surface area contributed by atoms with Crippen LogP contribution >= 0.6 is 27.3 Å². The van der Waals surface area contributed by atoms with Gasteiger partial charge in [0.2, 0.25) is 10.0 Å². The number of thiophene rings is 1. The Kier molecular flexibility index (Phi) is 5.17. The Labute approximate surface area is 136 Å². The van der Waals surface area contributed by atoms with E-state index in [1.165, 1.54) is 15.6 Å². The molecule has 0 atom stereocenters. The summed E-state index contributed by atoms with van der Waals surface area (Å²) in [7, 11) is -1.91. The molecule has 110 valence electrons. The second-order valence-electron chi connectivity index (χ2n) is 4.51. The third-order valence-corrected chi connectivity index (χ3v) is 6.39. The van der Waals surface area contributed by atoms with Gasteiger partial charge >= 0.3 is 0 Å². The molecule has 0 N–H and O–H groups in total. The van der Waals surface area contributed by atoms with Crippen LogP contribution in [0.3, 0.4) is 0 Å². The zero-order chi connectivity index (χ0) is 15.5. The molecule has 0 aliphatic heterocycles. The SMILES string of the molecule is CN(Cc1cc(Br)cs1)S(=O)(=O)Cc1ccccc1C#N. The van der Waals surface area contributed by atoms with Gasteiger partial charge in [0.25, 0.3) is 0 Å². The van der Waals surface area contributed by atoms with Gasteiger partial charge < -0.3 is 0 Å². The van der Waals surface area contributed by atoms with Gasteiger partial charge in [-0.25, -0.2) is 8.42 Å². The van der Waals surface area contributed by atoms with Gasteiger partial charge in [-0.3, -0.25) is 0 Å². The molecule has 0 fully saturated rings. The smallest absolute Gasteiger partial charge is 0.212 e. The Hall–Kier alpha value is -1.20. The van der Waals surface area contributed by atoms with Crippen LogP contribution in [0.5, 0.6) is 0 Å². The number of hydrogen-bond acceptors (Lipinski definition) is 4. The minimum atomic E-state index is -3.46. The zero-order valence-corrected chi connectivity index (χ0v) is 14.5. The number of halogens is 1. The fourth-order valence-corrected chi connectivity index (χ4v) is 4.60. The van der Waals surface area contributed by atoms with E-state index < -0.39 is 10.0 Å². The van der Waals surface area contributed by atoms with Crippen molar-refractivity contribution in [2.24, 2.45) is 0 Å². The molecule has 0 bridgehead atoms. The van der Waals surface area contributed by atoms with Crippen LogP contribution in [-0.2, 0) is 22.3 Å². The lowest BCUT2D eigenvalue weighted by molar-refractivity contribution is 0.469. The molecule has 7 heteroatoms. The van der Waals surface area contributed by atoms with E-state index in [4.69, 9.17) is 5.26 Å². The van der Waals surface area contributed by atoms with E-state index in [0.717, 1.165) is 9.35 Å². The van der Waals surface area contributed by atoms with E-state index in [1.54, 1.807) is 31.3 Å². The van der Waals surface area contributed by atoms with Crippen LogP contribution in [0, 0.1) is 11.3 Å². The number of sulfonamides is 1. The zero-order valence-electron chi connectivity index (χ0n) is 11.3. The molecule has 21 heavy (non-hydrogen) atoms. The molecule has 1 heterocycles. The van der Waals surface area contributed by atoms with Gasteiger partial charge in [-0.05, 0) is 33.6 Å². The number of nitriles is 1. The fourth-order valence-electron chi connectivity index (χ4n) is 1.82. The number of benzene rings is 1. The average Bonchev–Trinajstić information content (AvgIpc) is 2.84. The first-order valence-corrected chi connectivity index (χ1v) is 9.35. The molecule has 0 aliphatic carbocycles. The Morgan fingerprint density at radius 3 is 2.71 bits per heavy atom. The monoisotopic (exact) mass is 384 g/mol. The third kappa shape index (κ3) is 4.14. The van der Waals surface area contributed by atoms with Crippen LogP contribution < -0.4 is 0 Å². The molecule has 0 radical (unpaired) electrons. The third-order valence-electron chi connectivity index (χ3n) is 2.95. The molecule has 4 nitrogen and oxygen atoms in total. The lowest BCUT2D eigenvalue weighted by atomic mass is 10.1. The summed E-state index contributed by atoms with van der Waals surface area (Å²) in [5, 5.41) is 10.9. The lowest BCUT2D eigenvalue weighted by Gasteiger charge is -2.16. The lowest BCUT2D eigenvalue weighted by Crippen LogP contribution is -2.27. The Bertz CT molecular complexity index is 778. The summed E-state index contributed by atoms with van der Waals surface area (Å²) in [4.78, 5) is 0.960. The minimum Gasteiger partial charge on any atom is -0.212 e. The van der Waals surface area contributed by atoms with E-state index in [1.807, 2.05) is 17.5 Å². The van der Waals surface area contributed by atoms with Gasteiger partial charge in [0.05, 0.1) is 17.4 Å². The van der Waals surface area contributed by atoms with Gasteiger partial charge in [-0.1, -0.05) is 18.2 Å². The first-order valence-electron chi connectivity index (χ1n) is 6.07. The first kappa shape index (κ1) is 16.2. The number of rotatable bonds is 5. The highest BCUT2D eigenvalue weighted by molar-refractivity contribution is 9.10. The average molecular weight is 385 g/mol. The molecule has 0 unspecified atom stereocenters. The van der Waals surface area contributed by atoms with E-state index in [2.05, 4.69) is 15.9 Å². The highest BCUT2D eigenvalue weighted by Gasteiger charge is 2.20. The molecule has 0 saturated carbocycles. The summed E-state index contributed by atoms with van der Waals surface area (Å²) in [5.74, 6) is -0.167. The molecule has 0 amide bonds. The van der Waals surface area contributed by atoms with Crippen molar-refractivity contribution in [2.75, 3.05) is 7.05 Å². The van der Waals surface area contributed by atoms with Gasteiger partial charge in [0.1, 0.15) is 0 Å². The molecular weight excluding hydrogens is 372 g/mol. The van der Waals surface area contributed by atoms with Crippen LogP contribution in [0.1, 0.15) is 16.0 Å². The maximum atomic E-state index is 12.4. The largest absolute Gasteiger partial charge is 0.218 e. The maximum absolute atomic E-state index is 12.4. The summed E-state index contributed by atoms with van der Waals surface area (Å²) in [5.41, 5.74) is 0.924. The van der Waals surface area contributed by atoms with Crippen molar-refractivity contribution in [2.45, 2.75) is 12.3 Å². The predicted molar refractivity (Wildman–Crippen MR) is 87.3 cm³/mol. The molecule has 1 aromatic heterocycles. The molecule has 0 saturated heterocycles. The van der Waals surface area contributed by atoms with Crippen molar-refractivity contribution >= 4 is 37.3 Å². The highest BCUT2D eigenvalue weighted by Crippen LogP contribution is 2.22. The molecule has 1 aromatic carbocycles. The maximum Gasteiger partial charge on any atom is 0.218 e. The van der Waals surface area contributed by atoms with Crippen molar-refractivity contribution in [1.29, 1.82) is 5.26 Å². The van der Waals surface area contributed by atoms with Crippen molar-refractivity contribution in [3.05, 3.63) is 56.2 Å². The summed E-state index contributed by atoms with van der Waals surface area (Å²) < 4.78 is 27.0. The normalized spacial score (nSPS) is 11.5. The first-order chi connectivity index (χ1) is 9.92. The van der Waals surface area contributed by atoms with E-state index in [9.17, 15) is 8.42 Å². The molecule has 0 spiro atoms. The van der Waals surface area contributed by atoms with Crippen LogP contribution in [0.15, 0.2) is 40.2 Å². The second kappa shape index (κ2) is 6.71. The van der Waals surface area contributed by atoms with Crippen molar-refractivity contribution in [3.8, 4) is 6.07 Å². The Morgan fingerprint density at radius 2 is 2.10 bits per heavy atom. The van der Waals surface area contributed by atoms with Gasteiger partial charge in [0.15, 0.2) is 0 Å². The van der Waals surface area contributed by atoms with Crippen LogP contribution in [0.25, 0.3) is 0 Å². The van der Waals surface area contributed by atoms with E-state index >= 15 is 0 Å². The highest BCUT2D eigenvalue weighted by atomic mass is 79.9. The standard InChI is InChI=1S/C14H13BrN2O2S2/c1-17(8-14-6-13(15)9-20-14)21(18,19)10-12-5-3-2-4-11(12)7-16/h2-6,9H,8,10H2,1H3. The van der Waals surface area contributed by atoms with Crippen LogP contribution in [0.4, 0.5) is 0 Å². The predicted octanol–water partition coefficient (Wildman–Crippen LogP) is 3.34. The van der Waals surface area contributed by atoms with Gasteiger partial charge in [-0.2, -0.15) is 9.57 Å². The van der Waals surface area contributed by atoms with Crippen LogP contribution in [0.2, 0.25) is 0 Å². The fraction of sp³-hybridized carbons (Fsp3) is 0.214. The number of hydrogen-bond donors (Lipinski definition) is 0.